The second-order valence-electron chi connectivity index (χ2n) is 8.58. The number of hydrogen-bond donors (Lipinski definition) is 0. The van der Waals surface area contributed by atoms with Crippen LogP contribution in [-0.4, -0.2) is 25.2 Å². The lowest BCUT2D eigenvalue weighted by Crippen LogP contribution is -2.45. The number of nitrogens with zero attached hydrogens (tertiary/aromatic N) is 1. The van der Waals surface area contributed by atoms with Crippen molar-refractivity contribution in [2.45, 2.75) is 44.8 Å². The van der Waals surface area contributed by atoms with Crippen molar-refractivity contribution in [3.05, 3.63) is 94.0 Å². The van der Waals surface area contributed by atoms with E-state index in [2.05, 4.69) is 72.5 Å². The van der Waals surface area contributed by atoms with E-state index in [0.717, 1.165) is 37.4 Å². The Bertz CT molecular complexity index is 1070. The zero-order chi connectivity index (χ0) is 20.7. The number of hydrogen-bond acceptors (Lipinski definition) is 3. The van der Waals surface area contributed by atoms with E-state index in [-0.39, 0.29) is 12.4 Å². The molecule has 0 spiro atoms. The molecule has 5 rings (SSSR count). The van der Waals surface area contributed by atoms with Crippen LogP contribution in [0.1, 0.15) is 45.7 Å². The van der Waals surface area contributed by atoms with Gasteiger partial charge in [0.2, 0.25) is 0 Å². The Kier molecular flexibility index (Phi) is 6.27. The van der Waals surface area contributed by atoms with Crippen LogP contribution >= 0.6 is 12.4 Å². The number of halogens is 1. The van der Waals surface area contributed by atoms with Gasteiger partial charge in [0.15, 0.2) is 11.5 Å². The van der Waals surface area contributed by atoms with E-state index in [1.165, 1.54) is 33.4 Å². The van der Waals surface area contributed by atoms with Gasteiger partial charge in [-0.25, -0.2) is 0 Å². The summed E-state index contributed by atoms with van der Waals surface area (Å²) in [4.78, 5) is 2.68. The molecule has 0 bridgehead atoms. The van der Waals surface area contributed by atoms with Crippen molar-refractivity contribution in [1.82, 2.24) is 4.90 Å². The second-order valence-corrected chi connectivity index (χ2v) is 8.58. The fourth-order valence-corrected chi connectivity index (χ4v) is 5.39. The van der Waals surface area contributed by atoms with Gasteiger partial charge in [0, 0.05) is 25.0 Å². The van der Waals surface area contributed by atoms with Gasteiger partial charge in [-0.05, 0) is 59.7 Å². The molecule has 1 aliphatic heterocycles. The molecule has 4 heteroatoms. The normalized spacial score (nSPS) is 19.5. The Morgan fingerprint density at radius 1 is 0.871 bits per heavy atom. The van der Waals surface area contributed by atoms with Crippen molar-refractivity contribution < 1.29 is 9.47 Å². The summed E-state index contributed by atoms with van der Waals surface area (Å²) in [5.74, 6) is 2.02. The average Bonchev–Trinajstić information content (AvgIpc) is 2.78. The van der Waals surface area contributed by atoms with E-state index < -0.39 is 0 Å². The second kappa shape index (κ2) is 8.94. The van der Waals surface area contributed by atoms with Crippen LogP contribution in [-0.2, 0) is 19.5 Å². The first kappa shape index (κ1) is 21.7. The molecule has 1 heterocycles. The van der Waals surface area contributed by atoms with Crippen LogP contribution in [0.4, 0.5) is 0 Å². The van der Waals surface area contributed by atoms with E-state index in [9.17, 15) is 0 Å². The number of methoxy groups -OCH3 is 2. The van der Waals surface area contributed by atoms with Gasteiger partial charge in [-0.3, -0.25) is 4.90 Å². The van der Waals surface area contributed by atoms with Crippen molar-refractivity contribution in [3.63, 3.8) is 0 Å². The number of ether oxygens (including phenoxy) is 2. The first-order valence-corrected chi connectivity index (χ1v) is 10.8. The third-order valence-electron chi connectivity index (χ3n) is 6.78. The molecule has 0 radical (unpaired) electrons. The predicted molar refractivity (Wildman–Crippen MR) is 128 cm³/mol. The van der Waals surface area contributed by atoms with Gasteiger partial charge in [-0.15, -0.1) is 12.4 Å². The highest BCUT2D eigenvalue weighted by Gasteiger charge is 2.40. The topological polar surface area (TPSA) is 21.7 Å². The lowest BCUT2D eigenvalue weighted by atomic mass is 9.71. The summed E-state index contributed by atoms with van der Waals surface area (Å²) in [5, 5.41) is 0. The zero-order valence-corrected chi connectivity index (χ0v) is 19.2. The first-order valence-electron chi connectivity index (χ1n) is 10.8. The smallest absolute Gasteiger partial charge is 0.161 e. The first-order chi connectivity index (χ1) is 14.7. The molecule has 3 aromatic rings. The van der Waals surface area contributed by atoms with Crippen LogP contribution in [0, 0.1) is 6.92 Å². The maximum Gasteiger partial charge on any atom is 0.161 e. The minimum absolute atomic E-state index is 0. The third kappa shape index (κ3) is 3.93. The molecule has 31 heavy (non-hydrogen) atoms. The lowest BCUT2D eigenvalue weighted by Gasteiger charge is -2.46. The van der Waals surface area contributed by atoms with Crippen molar-refractivity contribution in [2.24, 2.45) is 0 Å². The van der Waals surface area contributed by atoms with Gasteiger partial charge in [-0.1, -0.05) is 54.1 Å². The largest absolute Gasteiger partial charge is 0.493 e. The summed E-state index contributed by atoms with van der Waals surface area (Å²) >= 11 is 0. The monoisotopic (exact) mass is 435 g/mol. The minimum Gasteiger partial charge on any atom is -0.493 e. The maximum atomic E-state index is 5.67. The van der Waals surface area contributed by atoms with Gasteiger partial charge in [-0.2, -0.15) is 0 Å². The molecule has 0 N–H and O–H groups in total. The van der Waals surface area contributed by atoms with Crippen molar-refractivity contribution >= 4 is 12.4 Å². The van der Waals surface area contributed by atoms with E-state index in [4.69, 9.17) is 9.47 Å². The van der Waals surface area contributed by atoms with Gasteiger partial charge in [0.25, 0.3) is 0 Å². The molecule has 0 saturated carbocycles. The molecule has 3 nitrogen and oxygen atoms in total. The third-order valence-corrected chi connectivity index (χ3v) is 6.78. The minimum atomic E-state index is 0. The summed E-state index contributed by atoms with van der Waals surface area (Å²) in [6.45, 7) is 4.18. The number of aryl methyl sites for hydroxylation is 2. The van der Waals surface area contributed by atoms with Crippen molar-refractivity contribution in [3.8, 4) is 11.5 Å². The summed E-state index contributed by atoms with van der Waals surface area (Å²) in [6, 6.07) is 22.8. The lowest BCUT2D eigenvalue weighted by molar-refractivity contribution is 0.132. The number of rotatable bonds is 4. The summed E-state index contributed by atoms with van der Waals surface area (Å²) in [5.41, 5.74) is 8.42. The van der Waals surface area contributed by atoms with Crippen molar-refractivity contribution in [2.75, 3.05) is 14.2 Å². The molecule has 2 aliphatic rings. The zero-order valence-electron chi connectivity index (χ0n) is 18.4. The van der Waals surface area contributed by atoms with Crippen LogP contribution in [0.25, 0.3) is 0 Å². The molecule has 0 unspecified atom stereocenters. The van der Waals surface area contributed by atoms with Gasteiger partial charge >= 0.3 is 0 Å². The molecule has 1 aliphatic carbocycles. The quantitative estimate of drug-likeness (QED) is 0.509. The molecular formula is C27H30ClNO2. The summed E-state index contributed by atoms with van der Waals surface area (Å²) in [6.07, 6.45) is 2.23. The molecule has 0 fully saturated rings. The molecule has 0 saturated heterocycles. The highest BCUT2D eigenvalue weighted by Crippen LogP contribution is 2.47. The van der Waals surface area contributed by atoms with Gasteiger partial charge < -0.3 is 9.47 Å². The molecule has 162 valence electrons. The fourth-order valence-electron chi connectivity index (χ4n) is 5.39. The number of benzene rings is 3. The Hall–Kier alpha value is -2.49. The fraction of sp³-hybridized carbons (Fsp3) is 0.333. The Morgan fingerprint density at radius 2 is 1.61 bits per heavy atom. The Balaban J connectivity index is 0.00000231. The highest BCUT2D eigenvalue weighted by atomic mass is 35.5. The van der Waals surface area contributed by atoms with Crippen LogP contribution in [0.3, 0.4) is 0 Å². The molecule has 2 atom stereocenters. The standard InChI is InChI=1S/C27H29NO2.ClH/c1-18-9-11-22-21(13-18)17-28(16-19-7-5-4-6-8-19)24-12-10-20-14-25(29-2)26(30-3)15-23(20)27(22)24;/h4-9,11,13-15,24,27H,10,12,16-17H2,1-3H3;1H/t24-,27-;/m0./s1. The van der Waals surface area contributed by atoms with Crippen molar-refractivity contribution in [1.29, 1.82) is 0 Å². The molecular weight excluding hydrogens is 406 g/mol. The number of fused-ring (bicyclic) bond motifs is 5. The molecule has 3 aromatic carbocycles. The van der Waals surface area contributed by atoms with E-state index in [1.54, 1.807) is 14.2 Å². The maximum absolute atomic E-state index is 5.67. The van der Waals surface area contributed by atoms with E-state index >= 15 is 0 Å². The average molecular weight is 436 g/mol. The SMILES string of the molecule is COc1cc2c(cc1OC)[C@@H]1c3ccc(C)cc3CN(Cc3ccccc3)[C@H]1CC2.Cl. The molecule has 0 amide bonds. The summed E-state index contributed by atoms with van der Waals surface area (Å²) < 4.78 is 11.3. The van der Waals surface area contributed by atoms with Crippen LogP contribution in [0.2, 0.25) is 0 Å². The highest BCUT2D eigenvalue weighted by molar-refractivity contribution is 5.85. The Morgan fingerprint density at radius 3 is 2.35 bits per heavy atom. The molecule has 0 aromatic heterocycles. The van der Waals surface area contributed by atoms with E-state index in [0.29, 0.717) is 12.0 Å². The van der Waals surface area contributed by atoms with Crippen LogP contribution in [0.15, 0.2) is 60.7 Å². The van der Waals surface area contributed by atoms with Gasteiger partial charge in [0.05, 0.1) is 14.2 Å². The van der Waals surface area contributed by atoms with Crippen LogP contribution in [0.5, 0.6) is 11.5 Å². The Labute approximate surface area is 191 Å². The van der Waals surface area contributed by atoms with E-state index in [1.807, 2.05) is 0 Å². The summed E-state index contributed by atoms with van der Waals surface area (Å²) in [7, 11) is 3.45. The van der Waals surface area contributed by atoms with Gasteiger partial charge in [0.1, 0.15) is 0 Å². The van der Waals surface area contributed by atoms with Crippen LogP contribution < -0.4 is 9.47 Å². The predicted octanol–water partition coefficient (Wildman–Crippen LogP) is 5.90.